The van der Waals surface area contributed by atoms with Gasteiger partial charge in [0.1, 0.15) is 6.61 Å². The zero-order valence-corrected chi connectivity index (χ0v) is 11.3. The maximum absolute atomic E-state index is 11.6. The van der Waals surface area contributed by atoms with Gasteiger partial charge < -0.3 is 4.74 Å². The first-order valence-electron chi connectivity index (χ1n) is 4.39. The van der Waals surface area contributed by atoms with Crippen molar-refractivity contribution in [3.8, 4) is 0 Å². The molecule has 0 saturated heterocycles. The number of carbonyl (C=O) groups excluding carboxylic acids is 1. The molecule has 0 unspecified atom stereocenters. The van der Waals surface area contributed by atoms with Crippen molar-refractivity contribution in [2.45, 2.75) is 6.92 Å². The highest BCUT2D eigenvalue weighted by Gasteiger charge is 2.14. The van der Waals surface area contributed by atoms with Crippen LogP contribution in [0.4, 0.5) is 0 Å². The lowest BCUT2D eigenvalue weighted by atomic mass is 10.2. The second-order valence-electron chi connectivity index (χ2n) is 2.76. The molecule has 0 heterocycles. The Bertz CT molecular complexity index is 366. The number of carbonyl (C=O) groups is 1. The van der Waals surface area contributed by atoms with Crippen LogP contribution in [0.3, 0.4) is 0 Å². The fourth-order valence-electron chi connectivity index (χ4n) is 0.985. The molecule has 0 amide bonds. The summed E-state index contributed by atoms with van der Waals surface area (Å²) in [6, 6.07) is 5.45. The van der Waals surface area contributed by atoms with Crippen molar-refractivity contribution in [1.82, 2.24) is 0 Å². The Kier molecular flexibility index (Phi) is 5.05. The van der Waals surface area contributed by atoms with Gasteiger partial charge in [-0.25, -0.2) is 4.79 Å². The Morgan fingerprint density at radius 2 is 2.00 bits per heavy atom. The van der Waals surface area contributed by atoms with Crippen LogP contribution in [0.1, 0.15) is 17.3 Å². The highest BCUT2D eigenvalue weighted by Crippen LogP contribution is 2.25. The maximum atomic E-state index is 11.6. The molecule has 0 bridgehead atoms. The molecular formula is C11H10Br2O2. The number of hydrogen-bond acceptors (Lipinski definition) is 2. The summed E-state index contributed by atoms with van der Waals surface area (Å²) in [7, 11) is 0. The molecule has 0 aliphatic rings. The second kappa shape index (κ2) is 6.08. The van der Waals surface area contributed by atoms with Gasteiger partial charge in [-0.3, -0.25) is 0 Å². The number of halogens is 2. The first kappa shape index (κ1) is 12.5. The third-order valence-corrected chi connectivity index (χ3v) is 3.03. The predicted octanol–water partition coefficient (Wildman–Crippen LogP) is 3.94. The molecule has 1 aromatic carbocycles. The zero-order chi connectivity index (χ0) is 11.3. The maximum Gasteiger partial charge on any atom is 0.340 e. The van der Waals surface area contributed by atoms with Crippen molar-refractivity contribution in [3.05, 3.63) is 44.9 Å². The fraction of sp³-hybridized carbons (Fsp3) is 0.182. The van der Waals surface area contributed by atoms with E-state index in [1.807, 2.05) is 19.1 Å². The van der Waals surface area contributed by atoms with Crippen LogP contribution in [-0.2, 0) is 4.74 Å². The Labute approximate surface area is 106 Å². The zero-order valence-electron chi connectivity index (χ0n) is 8.17. The molecule has 80 valence electrons. The summed E-state index contributed by atoms with van der Waals surface area (Å²) in [6.07, 6.45) is 3.62. The van der Waals surface area contributed by atoms with Crippen LogP contribution in [0.2, 0.25) is 0 Å². The minimum atomic E-state index is -0.340. The Morgan fingerprint density at radius 3 is 2.53 bits per heavy atom. The van der Waals surface area contributed by atoms with E-state index < -0.39 is 0 Å². The molecule has 0 spiro atoms. The van der Waals surface area contributed by atoms with Crippen LogP contribution in [0.25, 0.3) is 0 Å². The standard InChI is InChI=1S/C11H10Br2O2/c1-2-3-7-15-11(14)10-8(12)5-4-6-9(10)13/h2-6H,7H2,1H3. The monoisotopic (exact) mass is 332 g/mol. The first-order valence-corrected chi connectivity index (χ1v) is 5.97. The van der Waals surface area contributed by atoms with Gasteiger partial charge in [-0.05, 0) is 50.9 Å². The summed E-state index contributed by atoms with van der Waals surface area (Å²) in [4.78, 5) is 11.6. The molecule has 0 aromatic heterocycles. The molecular weight excluding hydrogens is 324 g/mol. The Morgan fingerprint density at radius 1 is 1.40 bits per heavy atom. The third-order valence-electron chi connectivity index (χ3n) is 1.71. The second-order valence-corrected chi connectivity index (χ2v) is 4.47. The first-order chi connectivity index (χ1) is 7.16. The van der Waals surface area contributed by atoms with E-state index in [1.165, 1.54) is 0 Å². The van der Waals surface area contributed by atoms with Gasteiger partial charge in [-0.15, -0.1) is 0 Å². The molecule has 15 heavy (non-hydrogen) atoms. The SMILES string of the molecule is CC=CCOC(=O)c1c(Br)cccc1Br. The van der Waals surface area contributed by atoms with Gasteiger partial charge in [0.2, 0.25) is 0 Å². The van der Waals surface area contributed by atoms with Gasteiger partial charge in [-0.2, -0.15) is 0 Å². The summed E-state index contributed by atoms with van der Waals surface area (Å²) in [5.41, 5.74) is 0.516. The summed E-state index contributed by atoms with van der Waals surface area (Å²) in [5, 5.41) is 0. The number of ether oxygens (including phenoxy) is 1. The van der Waals surface area contributed by atoms with Crippen LogP contribution in [0, 0.1) is 0 Å². The molecule has 0 aliphatic heterocycles. The topological polar surface area (TPSA) is 26.3 Å². The molecule has 2 nitrogen and oxygen atoms in total. The van der Waals surface area contributed by atoms with E-state index in [2.05, 4.69) is 31.9 Å². The van der Waals surface area contributed by atoms with Gasteiger partial charge in [0.15, 0.2) is 0 Å². The molecule has 0 N–H and O–H groups in total. The van der Waals surface area contributed by atoms with Crippen molar-refractivity contribution in [2.75, 3.05) is 6.61 Å². The molecule has 1 aromatic rings. The lowest BCUT2D eigenvalue weighted by Crippen LogP contribution is -2.06. The van der Waals surface area contributed by atoms with Crippen LogP contribution < -0.4 is 0 Å². The number of allylic oxidation sites excluding steroid dienone is 1. The Balaban J connectivity index is 2.82. The highest BCUT2D eigenvalue weighted by atomic mass is 79.9. The third kappa shape index (κ3) is 3.47. The van der Waals surface area contributed by atoms with Crippen LogP contribution in [-0.4, -0.2) is 12.6 Å². The minimum absolute atomic E-state index is 0.295. The van der Waals surface area contributed by atoms with E-state index in [0.717, 1.165) is 8.95 Å². The highest BCUT2D eigenvalue weighted by molar-refractivity contribution is 9.11. The molecule has 0 fully saturated rings. The van der Waals surface area contributed by atoms with Gasteiger partial charge >= 0.3 is 5.97 Å². The van der Waals surface area contributed by atoms with Crippen LogP contribution in [0.5, 0.6) is 0 Å². The summed E-state index contributed by atoms with van der Waals surface area (Å²) < 4.78 is 6.49. The quantitative estimate of drug-likeness (QED) is 0.618. The fourth-order valence-corrected chi connectivity index (χ4v) is 2.31. The molecule has 1 rings (SSSR count). The molecule has 4 heteroatoms. The smallest absolute Gasteiger partial charge is 0.340 e. The van der Waals surface area contributed by atoms with Crippen molar-refractivity contribution >= 4 is 37.8 Å². The average molecular weight is 334 g/mol. The summed E-state index contributed by atoms with van der Waals surface area (Å²) in [5.74, 6) is -0.340. The molecule has 0 atom stereocenters. The molecule has 0 saturated carbocycles. The van der Waals surface area contributed by atoms with E-state index in [4.69, 9.17) is 4.74 Å². The van der Waals surface area contributed by atoms with E-state index in [-0.39, 0.29) is 5.97 Å². The Hall–Kier alpha value is -0.610. The number of benzene rings is 1. The van der Waals surface area contributed by atoms with Crippen molar-refractivity contribution in [2.24, 2.45) is 0 Å². The molecule has 0 aliphatic carbocycles. The largest absolute Gasteiger partial charge is 0.458 e. The van der Waals surface area contributed by atoms with Gasteiger partial charge in [-0.1, -0.05) is 18.2 Å². The van der Waals surface area contributed by atoms with Crippen molar-refractivity contribution in [1.29, 1.82) is 0 Å². The lowest BCUT2D eigenvalue weighted by Gasteiger charge is -2.06. The van der Waals surface area contributed by atoms with E-state index in [9.17, 15) is 4.79 Å². The lowest BCUT2D eigenvalue weighted by molar-refractivity contribution is 0.0547. The van der Waals surface area contributed by atoms with Gasteiger partial charge in [0.05, 0.1) is 5.56 Å². The number of rotatable bonds is 3. The minimum Gasteiger partial charge on any atom is -0.458 e. The van der Waals surface area contributed by atoms with Crippen molar-refractivity contribution < 1.29 is 9.53 Å². The van der Waals surface area contributed by atoms with Crippen LogP contribution in [0.15, 0.2) is 39.3 Å². The van der Waals surface area contributed by atoms with Gasteiger partial charge in [0, 0.05) is 8.95 Å². The van der Waals surface area contributed by atoms with E-state index in [1.54, 1.807) is 18.2 Å². The molecule has 0 radical (unpaired) electrons. The van der Waals surface area contributed by atoms with Crippen molar-refractivity contribution in [3.63, 3.8) is 0 Å². The van der Waals surface area contributed by atoms with E-state index >= 15 is 0 Å². The summed E-state index contributed by atoms with van der Waals surface area (Å²) in [6.45, 7) is 2.17. The normalized spacial score (nSPS) is 10.6. The predicted molar refractivity (Wildman–Crippen MR) is 66.9 cm³/mol. The van der Waals surface area contributed by atoms with Crippen LogP contribution >= 0.6 is 31.9 Å². The number of esters is 1. The summed E-state index contributed by atoms with van der Waals surface area (Å²) >= 11 is 6.62. The van der Waals surface area contributed by atoms with Gasteiger partial charge in [0.25, 0.3) is 0 Å². The van der Waals surface area contributed by atoms with E-state index in [0.29, 0.717) is 12.2 Å². The number of hydrogen-bond donors (Lipinski definition) is 0. The average Bonchev–Trinajstić information content (AvgIpc) is 2.18.